The molecule has 0 spiro atoms. The molecular formula is C32H39N7O2. The van der Waals surface area contributed by atoms with Gasteiger partial charge in [0.2, 0.25) is 6.41 Å². The number of hydrogen-bond donors (Lipinski definition) is 3. The van der Waals surface area contributed by atoms with Crippen LogP contribution in [-0.2, 0) is 11.2 Å². The number of nitrogens with one attached hydrogen (secondary N) is 3. The molecule has 0 saturated carbocycles. The van der Waals surface area contributed by atoms with Crippen molar-refractivity contribution in [3.8, 4) is 11.3 Å². The average Bonchev–Trinajstić information content (AvgIpc) is 3.49. The number of nitrogens with zero attached hydrogens (tertiary/aromatic N) is 4. The van der Waals surface area contributed by atoms with Gasteiger partial charge in [-0.05, 0) is 79.4 Å². The Labute approximate surface area is 241 Å². The van der Waals surface area contributed by atoms with Gasteiger partial charge < -0.3 is 25.5 Å². The monoisotopic (exact) mass is 553 g/mol. The number of likely N-dealkylation sites (N-methyl/N-ethyl adjacent to an activating group) is 1. The number of aromatic amines is 1. The summed E-state index contributed by atoms with van der Waals surface area (Å²) >= 11 is 0. The van der Waals surface area contributed by atoms with Gasteiger partial charge in [-0.2, -0.15) is 0 Å². The third-order valence-electron chi connectivity index (χ3n) is 8.26. The number of carbonyl (C=O) groups excluding carboxylic acids is 2. The van der Waals surface area contributed by atoms with Crippen molar-refractivity contribution < 1.29 is 9.59 Å². The third-order valence-corrected chi connectivity index (χ3v) is 8.26. The molecule has 5 rings (SSSR count). The quantitative estimate of drug-likeness (QED) is 0.273. The fraction of sp³-hybridized carbons (Fsp3) is 0.375. The number of benzene rings is 2. The van der Waals surface area contributed by atoms with E-state index >= 15 is 0 Å². The van der Waals surface area contributed by atoms with Gasteiger partial charge >= 0.3 is 0 Å². The highest BCUT2D eigenvalue weighted by atomic mass is 16.2. The maximum absolute atomic E-state index is 13.1. The van der Waals surface area contributed by atoms with Crippen LogP contribution < -0.4 is 5.32 Å². The second-order valence-corrected chi connectivity index (χ2v) is 10.9. The van der Waals surface area contributed by atoms with E-state index in [0.29, 0.717) is 29.6 Å². The predicted octanol–water partition coefficient (Wildman–Crippen LogP) is 4.14. The van der Waals surface area contributed by atoms with Gasteiger partial charge in [-0.1, -0.05) is 25.1 Å². The van der Waals surface area contributed by atoms with Crippen LogP contribution in [0.5, 0.6) is 0 Å². The van der Waals surface area contributed by atoms with Crippen LogP contribution in [0.3, 0.4) is 0 Å². The van der Waals surface area contributed by atoms with Crippen LogP contribution in [0.1, 0.15) is 47.1 Å². The Bertz CT molecular complexity index is 1400. The van der Waals surface area contributed by atoms with Crippen molar-refractivity contribution in [3.05, 3.63) is 77.3 Å². The number of amides is 2. The van der Waals surface area contributed by atoms with Gasteiger partial charge in [0.05, 0.1) is 17.6 Å². The van der Waals surface area contributed by atoms with Crippen molar-refractivity contribution in [1.82, 2.24) is 24.7 Å². The summed E-state index contributed by atoms with van der Waals surface area (Å²) in [6.07, 6.45) is 8.78. The number of rotatable bonds is 9. The van der Waals surface area contributed by atoms with Gasteiger partial charge in [-0.15, -0.1) is 0 Å². The summed E-state index contributed by atoms with van der Waals surface area (Å²) in [6.45, 7) is 8.10. The number of piperazine rings is 1. The van der Waals surface area contributed by atoms with Gasteiger partial charge in [-0.3, -0.25) is 14.5 Å². The Morgan fingerprint density at radius 1 is 1.05 bits per heavy atom. The van der Waals surface area contributed by atoms with Crippen LogP contribution in [0.2, 0.25) is 0 Å². The largest absolute Gasteiger partial charge is 0.339 e. The molecule has 9 heteroatoms. The zero-order valence-corrected chi connectivity index (χ0v) is 23.9. The molecule has 0 radical (unpaired) electrons. The summed E-state index contributed by atoms with van der Waals surface area (Å²) in [5.41, 5.74) is 5.43. The molecule has 2 saturated heterocycles. The summed E-state index contributed by atoms with van der Waals surface area (Å²) in [5.74, 6) is 0.712. The molecule has 41 heavy (non-hydrogen) atoms. The lowest BCUT2D eigenvalue weighted by Gasteiger charge is -2.42. The van der Waals surface area contributed by atoms with Crippen LogP contribution in [0, 0.1) is 5.41 Å². The number of anilines is 1. The molecule has 214 valence electrons. The smallest absolute Gasteiger partial charge is 0.253 e. The molecule has 0 atom stereocenters. The highest BCUT2D eigenvalue weighted by Crippen LogP contribution is 2.25. The average molecular weight is 554 g/mol. The molecule has 3 N–H and O–H groups in total. The minimum atomic E-state index is 0.0692. The zero-order valence-electron chi connectivity index (χ0n) is 23.9. The van der Waals surface area contributed by atoms with Gasteiger partial charge in [0.15, 0.2) is 0 Å². The Morgan fingerprint density at radius 2 is 1.76 bits per heavy atom. The second kappa shape index (κ2) is 13.1. The molecule has 3 aromatic rings. The molecule has 2 aliphatic rings. The van der Waals surface area contributed by atoms with Crippen molar-refractivity contribution in [2.24, 2.45) is 0 Å². The summed E-state index contributed by atoms with van der Waals surface area (Å²) in [7, 11) is 2.18. The van der Waals surface area contributed by atoms with Crippen molar-refractivity contribution in [2.75, 3.05) is 51.6 Å². The molecule has 2 aromatic carbocycles. The highest BCUT2D eigenvalue weighted by Gasteiger charge is 2.28. The lowest BCUT2D eigenvalue weighted by atomic mass is 10.0. The topological polar surface area (TPSA) is 108 Å². The zero-order chi connectivity index (χ0) is 28.8. The molecule has 2 aliphatic heterocycles. The number of allylic oxidation sites excluding steroid dienone is 1. The molecule has 3 heterocycles. The maximum Gasteiger partial charge on any atom is 0.253 e. The van der Waals surface area contributed by atoms with E-state index in [9.17, 15) is 9.59 Å². The molecule has 0 aliphatic carbocycles. The van der Waals surface area contributed by atoms with Crippen molar-refractivity contribution >= 4 is 29.8 Å². The third kappa shape index (κ3) is 6.81. The van der Waals surface area contributed by atoms with Gasteiger partial charge in [0.1, 0.15) is 5.82 Å². The van der Waals surface area contributed by atoms with Gasteiger partial charge in [-0.25, -0.2) is 4.98 Å². The molecule has 2 amide bonds. The molecule has 9 nitrogen and oxygen atoms in total. The highest BCUT2D eigenvalue weighted by molar-refractivity contribution is 6.09. The van der Waals surface area contributed by atoms with E-state index in [4.69, 9.17) is 5.41 Å². The van der Waals surface area contributed by atoms with E-state index in [2.05, 4.69) is 32.1 Å². The predicted molar refractivity (Wildman–Crippen MR) is 163 cm³/mol. The fourth-order valence-electron chi connectivity index (χ4n) is 5.68. The molecule has 0 unspecified atom stereocenters. The first-order valence-corrected chi connectivity index (χ1v) is 14.4. The summed E-state index contributed by atoms with van der Waals surface area (Å²) in [5, 5.41) is 11.2. The number of aromatic nitrogens is 2. The van der Waals surface area contributed by atoms with E-state index in [0.717, 1.165) is 86.6 Å². The van der Waals surface area contributed by atoms with Crippen molar-refractivity contribution in [3.63, 3.8) is 0 Å². The van der Waals surface area contributed by atoms with Crippen molar-refractivity contribution in [1.29, 1.82) is 5.41 Å². The van der Waals surface area contributed by atoms with E-state index in [1.807, 2.05) is 54.3 Å². The number of likely N-dealkylation sites (tertiary alicyclic amines) is 1. The number of imidazole rings is 1. The number of hydrogen-bond acceptors (Lipinski definition) is 6. The number of H-pyrrole nitrogens is 1. The Kier molecular flexibility index (Phi) is 9.06. The number of aryl methyl sites for hydroxylation is 1. The van der Waals surface area contributed by atoms with E-state index < -0.39 is 0 Å². The summed E-state index contributed by atoms with van der Waals surface area (Å²) < 4.78 is 0. The Balaban J connectivity index is 1.15. The molecular weight excluding hydrogens is 514 g/mol. The Morgan fingerprint density at radius 3 is 2.44 bits per heavy atom. The first-order valence-electron chi connectivity index (χ1n) is 14.4. The first kappa shape index (κ1) is 28.4. The summed E-state index contributed by atoms with van der Waals surface area (Å²) in [4.78, 5) is 38.6. The lowest BCUT2D eigenvalue weighted by Crippen LogP contribution is -2.52. The van der Waals surface area contributed by atoms with E-state index in [-0.39, 0.29) is 5.91 Å². The normalized spacial score (nSPS) is 17.2. The van der Waals surface area contributed by atoms with Crippen LogP contribution in [0.4, 0.5) is 5.69 Å². The summed E-state index contributed by atoms with van der Waals surface area (Å²) in [6, 6.07) is 13.8. The Hall–Kier alpha value is -4.08. The van der Waals surface area contributed by atoms with Crippen LogP contribution >= 0.6 is 0 Å². The van der Waals surface area contributed by atoms with Crippen LogP contribution in [-0.4, -0.2) is 95.1 Å². The molecule has 0 bridgehead atoms. The second-order valence-electron chi connectivity index (χ2n) is 10.9. The molecule has 2 fully saturated rings. The minimum absolute atomic E-state index is 0.0692. The SMILES string of the molecule is CCc1cc(-c2cnc(/C=C\C(=N)c3ccc(C(=O)N4CCC(N5CCN(C)CC5)CC4)cc3)[nH]2)ccc1NC=O. The van der Waals surface area contributed by atoms with Crippen LogP contribution in [0.15, 0.2) is 54.7 Å². The lowest BCUT2D eigenvalue weighted by molar-refractivity contribution is -0.105. The minimum Gasteiger partial charge on any atom is -0.339 e. The maximum atomic E-state index is 13.1. The van der Waals surface area contributed by atoms with E-state index in [1.165, 1.54) is 0 Å². The van der Waals surface area contributed by atoms with E-state index in [1.54, 1.807) is 18.3 Å². The number of carbonyl (C=O) groups is 2. The standard InChI is InChI=1S/C32H39N7O2/c1-3-23-20-26(8-10-29(23)35-22-40)30-21-34-31(36-30)11-9-28(33)24-4-6-25(7-5-24)32(41)39-14-12-27(13-15-39)38-18-16-37(2)17-19-38/h4-11,20-22,27,33H,3,12-19H2,1-2H3,(H,34,36)(H,35,40)/b11-9-,33-28?. The molecule has 1 aromatic heterocycles. The van der Waals surface area contributed by atoms with Crippen LogP contribution in [0.25, 0.3) is 17.3 Å². The van der Waals surface area contributed by atoms with Gasteiger partial charge in [0.25, 0.3) is 5.91 Å². The first-order chi connectivity index (χ1) is 19.9. The van der Waals surface area contributed by atoms with Crippen molar-refractivity contribution in [2.45, 2.75) is 32.2 Å². The fourth-order valence-corrected chi connectivity index (χ4v) is 5.68. The van der Waals surface area contributed by atoms with Gasteiger partial charge in [0, 0.05) is 56.6 Å². The number of piperidine rings is 1.